The number of anilines is 1. The van der Waals surface area contributed by atoms with Crippen molar-refractivity contribution in [3.8, 4) is 0 Å². The Morgan fingerprint density at radius 1 is 0.966 bits per heavy atom. The van der Waals surface area contributed by atoms with Gasteiger partial charge in [0.2, 0.25) is 0 Å². The number of imide groups is 1. The molecule has 0 bridgehead atoms. The van der Waals surface area contributed by atoms with E-state index in [0.717, 1.165) is 27.3 Å². The van der Waals surface area contributed by atoms with Gasteiger partial charge in [-0.05, 0) is 62.2 Å². The standard InChI is InChI=1S/C23H20N2O4/c1-13-9-14(2)20(15(3)10-13)24-21(26)16-6-7-18-19(11-16)23(28)25(22(18)27)12-17-5-4-8-29-17/h4-11H,12H2,1-3H3,(H,24,26). The van der Waals surface area contributed by atoms with Gasteiger partial charge in [0, 0.05) is 11.3 Å². The lowest BCUT2D eigenvalue weighted by Crippen LogP contribution is -2.28. The van der Waals surface area contributed by atoms with E-state index in [9.17, 15) is 14.4 Å². The summed E-state index contributed by atoms with van der Waals surface area (Å²) < 4.78 is 5.24. The average molecular weight is 388 g/mol. The number of benzene rings is 2. The molecule has 2 aromatic carbocycles. The molecule has 0 saturated carbocycles. The van der Waals surface area contributed by atoms with Crippen molar-refractivity contribution in [2.45, 2.75) is 27.3 Å². The van der Waals surface area contributed by atoms with Crippen LogP contribution in [-0.4, -0.2) is 22.6 Å². The first-order valence-corrected chi connectivity index (χ1v) is 9.27. The third-order valence-corrected chi connectivity index (χ3v) is 5.04. The number of hydrogen-bond acceptors (Lipinski definition) is 4. The largest absolute Gasteiger partial charge is 0.467 e. The lowest BCUT2D eigenvalue weighted by Gasteiger charge is -2.13. The van der Waals surface area contributed by atoms with Gasteiger partial charge < -0.3 is 9.73 Å². The zero-order chi connectivity index (χ0) is 20.7. The van der Waals surface area contributed by atoms with Crippen molar-refractivity contribution in [1.82, 2.24) is 4.90 Å². The van der Waals surface area contributed by atoms with E-state index < -0.39 is 11.8 Å². The number of carbonyl (C=O) groups is 3. The van der Waals surface area contributed by atoms with Gasteiger partial charge in [-0.1, -0.05) is 17.7 Å². The van der Waals surface area contributed by atoms with Crippen LogP contribution >= 0.6 is 0 Å². The minimum atomic E-state index is -0.432. The van der Waals surface area contributed by atoms with Crippen LogP contribution in [0.1, 0.15) is 53.5 Å². The lowest BCUT2D eigenvalue weighted by atomic mass is 10.0. The van der Waals surface area contributed by atoms with E-state index in [0.29, 0.717) is 16.9 Å². The fourth-order valence-corrected chi connectivity index (χ4v) is 3.70. The van der Waals surface area contributed by atoms with Crippen molar-refractivity contribution >= 4 is 23.4 Å². The summed E-state index contributed by atoms with van der Waals surface area (Å²) in [6, 6.07) is 12.0. The summed E-state index contributed by atoms with van der Waals surface area (Å²) in [5.41, 5.74) is 4.65. The Labute approximate surface area is 168 Å². The van der Waals surface area contributed by atoms with E-state index in [4.69, 9.17) is 4.42 Å². The van der Waals surface area contributed by atoms with Crippen LogP contribution in [0.2, 0.25) is 0 Å². The highest BCUT2D eigenvalue weighted by atomic mass is 16.3. The van der Waals surface area contributed by atoms with Gasteiger partial charge in [-0.3, -0.25) is 19.3 Å². The maximum absolute atomic E-state index is 12.8. The summed E-state index contributed by atoms with van der Waals surface area (Å²) in [5.74, 6) is -0.632. The summed E-state index contributed by atoms with van der Waals surface area (Å²) in [6.07, 6.45) is 1.49. The predicted octanol–water partition coefficient (Wildman–Crippen LogP) is 4.25. The molecule has 3 aromatic rings. The summed E-state index contributed by atoms with van der Waals surface area (Å²) in [4.78, 5) is 39.3. The van der Waals surface area contributed by atoms with Crippen molar-refractivity contribution in [1.29, 1.82) is 0 Å². The molecule has 4 rings (SSSR count). The van der Waals surface area contributed by atoms with E-state index >= 15 is 0 Å². The maximum atomic E-state index is 12.8. The number of furan rings is 1. The topological polar surface area (TPSA) is 79.6 Å². The number of rotatable bonds is 4. The number of aryl methyl sites for hydroxylation is 3. The Bertz CT molecular complexity index is 1120. The Balaban J connectivity index is 1.60. The highest BCUT2D eigenvalue weighted by Gasteiger charge is 2.36. The van der Waals surface area contributed by atoms with Gasteiger partial charge in [0.15, 0.2) is 0 Å². The average Bonchev–Trinajstić information content (AvgIpc) is 3.27. The van der Waals surface area contributed by atoms with Gasteiger partial charge in [0.1, 0.15) is 5.76 Å². The molecule has 0 spiro atoms. The summed E-state index contributed by atoms with van der Waals surface area (Å²) in [6.45, 7) is 5.94. The highest BCUT2D eigenvalue weighted by molar-refractivity contribution is 6.22. The van der Waals surface area contributed by atoms with E-state index in [2.05, 4.69) is 5.32 Å². The Morgan fingerprint density at radius 3 is 2.31 bits per heavy atom. The molecule has 0 aliphatic carbocycles. The van der Waals surface area contributed by atoms with Crippen molar-refractivity contribution in [2.24, 2.45) is 0 Å². The minimum Gasteiger partial charge on any atom is -0.467 e. The second-order valence-corrected chi connectivity index (χ2v) is 7.26. The minimum absolute atomic E-state index is 0.0582. The first-order valence-electron chi connectivity index (χ1n) is 9.27. The fraction of sp³-hybridized carbons (Fsp3) is 0.174. The zero-order valence-electron chi connectivity index (χ0n) is 16.4. The Kier molecular flexibility index (Phi) is 4.54. The number of nitrogens with zero attached hydrogens (tertiary/aromatic N) is 1. The predicted molar refractivity (Wildman–Crippen MR) is 108 cm³/mol. The molecule has 2 heterocycles. The van der Waals surface area contributed by atoms with E-state index in [-0.39, 0.29) is 18.0 Å². The molecule has 0 fully saturated rings. The van der Waals surface area contributed by atoms with Crippen LogP contribution in [0, 0.1) is 20.8 Å². The maximum Gasteiger partial charge on any atom is 0.261 e. The molecular formula is C23H20N2O4. The van der Waals surface area contributed by atoms with Crippen molar-refractivity contribution < 1.29 is 18.8 Å². The molecule has 1 N–H and O–H groups in total. The second kappa shape index (κ2) is 7.05. The van der Waals surface area contributed by atoms with Crippen LogP contribution in [0.3, 0.4) is 0 Å². The first-order chi connectivity index (χ1) is 13.8. The monoisotopic (exact) mass is 388 g/mol. The zero-order valence-corrected chi connectivity index (χ0v) is 16.4. The number of carbonyl (C=O) groups excluding carboxylic acids is 3. The summed E-state index contributed by atoms with van der Waals surface area (Å²) >= 11 is 0. The van der Waals surface area contributed by atoms with Gasteiger partial charge in [-0.2, -0.15) is 0 Å². The number of hydrogen-bond donors (Lipinski definition) is 1. The fourth-order valence-electron chi connectivity index (χ4n) is 3.70. The lowest BCUT2D eigenvalue weighted by molar-refractivity contribution is 0.0631. The third kappa shape index (κ3) is 3.33. The smallest absolute Gasteiger partial charge is 0.261 e. The normalized spacial score (nSPS) is 13.0. The van der Waals surface area contributed by atoms with E-state index in [1.165, 1.54) is 18.4 Å². The van der Waals surface area contributed by atoms with Gasteiger partial charge in [0.25, 0.3) is 17.7 Å². The molecule has 146 valence electrons. The van der Waals surface area contributed by atoms with Crippen molar-refractivity contribution in [3.63, 3.8) is 0 Å². The molecule has 1 aliphatic rings. The number of fused-ring (bicyclic) bond motifs is 1. The second-order valence-electron chi connectivity index (χ2n) is 7.26. The molecule has 1 aliphatic heterocycles. The Morgan fingerprint density at radius 2 is 1.66 bits per heavy atom. The van der Waals surface area contributed by atoms with Gasteiger partial charge in [-0.15, -0.1) is 0 Å². The van der Waals surface area contributed by atoms with Gasteiger partial charge in [0.05, 0.1) is 23.9 Å². The van der Waals surface area contributed by atoms with Crippen molar-refractivity contribution in [2.75, 3.05) is 5.32 Å². The van der Waals surface area contributed by atoms with Gasteiger partial charge >= 0.3 is 0 Å². The van der Waals surface area contributed by atoms with Crippen LogP contribution < -0.4 is 5.32 Å². The molecular weight excluding hydrogens is 368 g/mol. The van der Waals surface area contributed by atoms with Crippen molar-refractivity contribution in [3.05, 3.63) is 87.9 Å². The van der Waals surface area contributed by atoms with E-state index in [1.807, 2.05) is 32.9 Å². The van der Waals surface area contributed by atoms with Crippen LogP contribution in [0.5, 0.6) is 0 Å². The van der Waals surface area contributed by atoms with Crippen LogP contribution in [0.4, 0.5) is 5.69 Å². The number of amides is 3. The molecule has 29 heavy (non-hydrogen) atoms. The molecule has 6 heteroatoms. The van der Waals surface area contributed by atoms with Gasteiger partial charge in [-0.25, -0.2) is 0 Å². The summed E-state index contributed by atoms with van der Waals surface area (Å²) in [5, 5.41) is 2.92. The molecule has 0 saturated heterocycles. The molecule has 0 radical (unpaired) electrons. The molecule has 0 atom stereocenters. The summed E-state index contributed by atoms with van der Waals surface area (Å²) in [7, 11) is 0. The Hall–Kier alpha value is -3.67. The van der Waals surface area contributed by atoms with E-state index in [1.54, 1.807) is 18.2 Å². The molecule has 1 aromatic heterocycles. The quantitative estimate of drug-likeness (QED) is 0.678. The molecule has 3 amide bonds. The SMILES string of the molecule is Cc1cc(C)c(NC(=O)c2ccc3c(c2)C(=O)N(Cc2ccco2)C3=O)c(C)c1. The first kappa shape index (κ1) is 18.7. The molecule has 0 unspecified atom stereocenters. The molecule has 6 nitrogen and oxygen atoms in total. The number of nitrogens with one attached hydrogen (secondary N) is 1. The van der Waals surface area contributed by atoms with Crippen LogP contribution in [-0.2, 0) is 6.54 Å². The van der Waals surface area contributed by atoms with Crippen LogP contribution in [0.15, 0.2) is 53.1 Å². The van der Waals surface area contributed by atoms with Crippen LogP contribution in [0.25, 0.3) is 0 Å². The highest BCUT2D eigenvalue weighted by Crippen LogP contribution is 2.27. The third-order valence-electron chi connectivity index (χ3n) is 5.04.